The minimum atomic E-state index is -0.202. The van der Waals surface area contributed by atoms with Crippen LogP contribution < -0.4 is 10.1 Å². The van der Waals surface area contributed by atoms with Crippen molar-refractivity contribution in [3.8, 4) is 5.75 Å². The van der Waals surface area contributed by atoms with E-state index < -0.39 is 0 Å². The molecule has 3 heteroatoms. The standard InChI is InChI=1S/C13H17NO2/c1-9(15)13(14-2)11-5-6-12-10(8-11)4-3-7-16-12/h5-6,8,13-14H,3-4,7H2,1-2H3. The maximum atomic E-state index is 11.4. The molecule has 0 aliphatic carbocycles. The van der Waals surface area contributed by atoms with E-state index in [1.807, 2.05) is 19.2 Å². The number of carbonyl (C=O) groups is 1. The Balaban J connectivity index is 2.32. The number of carbonyl (C=O) groups excluding carboxylic acids is 1. The van der Waals surface area contributed by atoms with E-state index in [9.17, 15) is 4.79 Å². The van der Waals surface area contributed by atoms with Crippen molar-refractivity contribution < 1.29 is 9.53 Å². The molecule has 1 aliphatic rings. The van der Waals surface area contributed by atoms with Crippen LogP contribution in [0.4, 0.5) is 0 Å². The van der Waals surface area contributed by atoms with E-state index in [1.54, 1.807) is 6.92 Å². The van der Waals surface area contributed by atoms with Gasteiger partial charge < -0.3 is 10.1 Å². The number of hydrogen-bond donors (Lipinski definition) is 1. The summed E-state index contributed by atoms with van der Waals surface area (Å²) in [7, 11) is 1.81. The van der Waals surface area contributed by atoms with Gasteiger partial charge in [-0.25, -0.2) is 0 Å². The first-order chi connectivity index (χ1) is 7.72. The number of benzene rings is 1. The van der Waals surface area contributed by atoms with E-state index in [0.717, 1.165) is 30.8 Å². The van der Waals surface area contributed by atoms with Crippen molar-refractivity contribution in [1.82, 2.24) is 5.32 Å². The number of likely N-dealkylation sites (N-methyl/N-ethyl adjacent to an activating group) is 1. The second-order valence-corrected chi connectivity index (χ2v) is 4.15. The Kier molecular flexibility index (Phi) is 3.25. The molecule has 2 rings (SSSR count). The number of aryl methyl sites for hydroxylation is 1. The van der Waals surface area contributed by atoms with E-state index in [4.69, 9.17) is 4.74 Å². The average molecular weight is 219 g/mol. The molecule has 0 spiro atoms. The first-order valence-corrected chi connectivity index (χ1v) is 5.65. The van der Waals surface area contributed by atoms with Crippen molar-refractivity contribution >= 4 is 5.78 Å². The van der Waals surface area contributed by atoms with Gasteiger partial charge >= 0.3 is 0 Å². The second-order valence-electron chi connectivity index (χ2n) is 4.15. The molecule has 0 saturated carbocycles. The van der Waals surface area contributed by atoms with Crippen LogP contribution in [-0.4, -0.2) is 19.4 Å². The first-order valence-electron chi connectivity index (χ1n) is 5.65. The predicted octanol–water partition coefficient (Wildman–Crippen LogP) is 1.86. The molecule has 1 aromatic rings. The second kappa shape index (κ2) is 4.66. The molecule has 16 heavy (non-hydrogen) atoms. The monoisotopic (exact) mass is 219 g/mol. The Hall–Kier alpha value is -1.35. The number of rotatable bonds is 3. The highest BCUT2D eigenvalue weighted by Gasteiger charge is 2.17. The smallest absolute Gasteiger partial charge is 0.151 e. The number of fused-ring (bicyclic) bond motifs is 1. The Labute approximate surface area is 95.8 Å². The summed E-state index contributed by atoms with van der Waals surface area (Å²) < 4.78 is 5.55. The first kappa shape index (κ1) is 11.1. The van der Waals surface area contributed by atoms with Gasteiger partial charge in [0, 0.05) is 0 Å². The summed E-state index contributed by atoms with van der Waals surface area (Å²) >= 11 is 0. The molecule has 0 aromatic heterocycles. The van der Waals surface area contributed by atoms with Gasteiger partial charge in [-0.2, -0.15) is 0 Å². The Bertz CT molecular complexity index is 401. The van der Waals surface area contributed by atoms with Crippen molar-refractivity contribution in [3.63, 3.8) is 0 Å². The summed E-state index contributed by atoms with van der Waals surface area (Å²) in [5.41, 5.74) is 2.24. The fourth-order valence-corrected chi connectivity index (χ4v) is 2.16. The van der Waals surface area contributed by atoms with Gasteiger partial charge in [-0.15, -0.1) is 0 Å². The molecule has 1 aromatic carbocycles. The zero-order valence-corrected chi connectivity index (χ0v) is 9.75. The summed E-state index contributed by atoms with van der Waals surface area (Å²) in [6.45, 7) is 2.41. The molecular formula is C13H17NO2. The van der Waals surface area contributed by atoms with Crippen molar-refractivity contribution in [2.75, 3.05) is 13.7 Å². The molecule has 0 amide bonds. The Morgan fingerprint density at radius 3 is 3.00 bits per heavy atom. The maximum Gasteiger partial charge on any atom is 0.151 e. The quantitative estimate of drug-likeness (QED) is 0.843. The molecule has 1 atom stereocenters. The number of hydrogen-bond acceptors (Lipinski definition) is 3. The molecule has 1 unspecified atom stereocenters. The van der Waals surface area contributed by atoms with Crippen LogP contribution in [-0.2, 0) is 11.2 Å². The van der Waals surface area contributed by atoms with Crippen LogP contribution >= 0.6 is 0 Å². The molecule has 0 radical (unpaired) electrons. The van der Waals surface area contributed by atoms with Crippen LogP contribution in [0.15, 0.2) is 18.2 Å². The minimum Gasteiger partial charge on any atom is -0.493 e. The van der Waals surface area contributed by atoms with Crippen LogP contribution in [0.2, 0.25) is 0 Å². The SMILES string of the molecule is CNC(C(C)=O)c1ccc2c(c1)CCCO2. The third-order valence-electron chi connectivity index (χ3n) is 2.96. The summed E-state index contributed by atoms with van der Waals surface area (Å²) in [5, 5.41) is 3.03. The minimum absolute atomic E-state index is 0.138. The highest BCUT2D eigenvalue weighted by atomic mass is 16.5. The fourth-order valence-electron chi connectivity index (χ4n) is 2.16. The van der Waals surface area contributed by atoms with Gasteiger partial charge in [0.05, 0.1) is 12.6 Å². The van der Waals surface area contributed by atoms with Gasteiger partial charge in [-0.1, -0.05) is 12.1 Å². The highest BCUT2D eigenvalue weighted by Crippen LogP contribution is 2.27. The van der Waals surface area contributed by atoms with Crippen molar-refractivity contribution in [3.05, 3.63) is 29.3 Å². The van der Waals surface area contributed by atoms with E-state index in [0.29, 0.717) is 0 Å². The van der Waals surface area contributed by atoms with Crippen LogP contribution in [0, 0.1) is 0 Å². The summed E-state index contributed by atoms with van der Waals surface area (Å²) in [4.78, 5) is 11.4. The van der Waals surface area contributed by atoms with Crippen molar-refractivity contribution in [2.45, 2.75) is 25.8 Å². The van der Waals surface area contributed by atoms with Gasteiger partial charge in [0.25, 0.3) is 0 Å². The van der Waals surface area contributed by atoms with E-state index in [1.165, 1.54) is 5.56 Å². The summed E-state index contributed by atoms with van der Waals surface area (Å²) in [6, 6.07) is 5.81. The Morgan fingerprint density at radius 1 is 1.50 bits per heavy atom. The fraction of sp³-hybridized carbons (Fsp3) is 0.462. The molecule has 1 aliphatic heterocycles. The van der Waals surface area contributed by atoms with E-state index in [2.05, 4.69) is 11.4 Å². The topological polar surface area (TPSA) is 38.3 Å². The molecular weight excluding hydrogens is 202 g/mol. The lowest BCUT2D eigenvalue weighted by Crippen LogP contribution is -2.23. The van der Waals surface area contributed by atoms with Crippen LogP contribution in [0.3, 0.4) is 0 Å². The van der Waals surface area contributed by atoms with Gasteiger partial charge in [0.15, 0.2) is 5.78 Å². The summed E-state index contributed by atoms with van der Waals surface area (Å²) in [6.07, 6.45) is 2.10. The van der Waals surface area contributed by atoms with Crippen LogP contribution in [0.25, 0.3) is 0 Å². The zero-order valence-electron chi connectivity index (χ0n) is 9.75. The number of nitrogens with one attached hydrogen (secondary N) is 1. The third-order valence-corrected chi connectivity index (χ3v) is 2.96. The lowest BCUT2D eigenvalue weighted by atomic mass is 9.98. The third kappa shape index (κ3) is 2.09. The molecule has 0 bridgehead atoms. The van der Waals surface area contributed by atoms with E-state index >= 15 is 0 Å². The average Bonchev–Trinajstić information content (AvgIpc) is 2.29. The maximum absolute atomic E-state index is 11.4. The number of ketones is 1. The van der Waals surface area contributed by atoms with Crippen molar-refractivity contribution in [2.24, 2.45) is 0 Å². The molecule has 0 saturated heterocycles. The van der Waals surface area contributed by atoms with Gasteiger partial charge in [-0.3, -0.25) is 4.79 Å². The van der Waals surface area contributed by atoms with Crippen LogP contribution in [0.5, 0.6) is 5.75 Å². The van der Waals surface area contributed by atoms with Crippen LogP contribution in [0.1, 0.15) is 30.5 Å². The number of Topliss-reactive ketones (excluding diaryl/α,β-unsaturated/α-hetero) is 1. The molecule has 1 heterocycles. The lowest BCUT2D eigenvalue weighted by molar-refractivity contribution is -0.119. The van der Waals surface area contributed by atoms with Gasteiger partial charge in [0.1, 0.15) is 5.75 Å². The van der Waals surface area contributed by atoms with Gasteiger partial charge in [-0.05, 0) is 44.0 Å². The molecule has 0 fully saturated rings. The molecule has 1 N–H and O–H groups in total. The molecule has 3 nitrogen and oxygen atoms in total. The zero-order chi connectivity index (χ0) is 11.5. The normalized spacial score (nSPS) is 16.1. The van der Waals surface area contributed by atoms with Gasteiger partial charge in [0.2, 0.25) is 0 Å². The largest absolute Gasteiger partial charge is 0.493 e. The predicted molar refractivity (Wildman–Crippen MR) is 62.7 cm³/mol. The number of ether oxygens (including phenoxy) is 1. The van der Waals surface area contributed by atoms with E-state index in [-0.39, 0.29) is 11.8 Å². The highest BCUT2D eigenvalue weighted by molar-refractivity contribution is 5.83. The van der Waals surface area contributed by atoms with Crippen molar-refractivity contribution in [1.29, 1.82) is 0 Å². The Morgan fingerprint density at radius 2 is 2.31 bits per heavy atom. The molecule has 86 valence electrons. The lowest BCUT2D eigenvalue weighted by Gasteiger charge is -2.20. The summed E-state index contributed by atoms with van der Waals surface area (Å²) in [5.74, 6) is 1.10.